The minimum atomic E-state index is -0.202. The van der Waals surface area contributed by atoms with E-state index in [1.54, 1.807) is 6.08 Å². The van der Waals surface area contributed by atoms with Gasteiger partial charge in [0.1, 0.15) is 0 Å². The summed E-state index contributed by atoms with van der Waals surface area (Å²) in [6.07, 6.45) is 1.79. The van der Waals surface area contributed by atoms with Gasteiger partial charge >= 0.3 is 0 Å². The van der Waals surface area contributed by atoms with Gasteiger partial charge in [0.25, 0.3) is 11.1 Å². The second-order valence-corrected chi connectivity index (χ2v) is 6.83. The van der Waals surface area contributed by atoms with Gasteiger partial charge in [-0.25, -0.2) is 0 Å². The number of carbonyl (C=O) groups is 2. The molecule has 1 aromatic carbocycles. The van der Waals surface area contributed by atoms with Gasteiger partial charge in [-0.3, -0.25) is 14.5 Å². The van der Waals surface area contributed by atoms with E-state index >= 15 is 0 Å². The topological polar surface area (TPSA) is 49.9 Å². The van der Waals surface area contributed by atoms with Crippen molar-refractivity contribution in [3.05, 3.63) is 34.7 Å². The second kappa shape index (κ2) is 6.76. The summed E-state index contributed by atoms with van der Waals surface area (Å²) in [5, 5.41) is -0.193. The Morgan fingerprint density at radius 1 is 1.13 bits per heavy atom. The predicted octanol–water partition coefficient (Wildman–Crippen LogP) is 2.97. The molecule has 0 bridgehead atoms. The Morgan fingerprint density at radius 3 is 2.35 bits per heavy atom. The van der Waals surface area contributed by atoms with Gasteiger partial charge in [-0.15, -0.1) is 0 Å². The Bertz CT molecular complexity index is 634. The van der Waals surface area contributed by atoms with E-state index in [0.717, 1.165) is 49.3 Å². The second-order valence-electron chi connectivity index (χ2n) is 5.84. The van der Waals surface area contributed by atoms with Gasteiger partial charge in [-0.05, 0) is 49.4 Å². The molecule has 6 heteroatoms. The summed E-state index contributed by atoms with van der Waals surface area (Å²) in [5.74, 6) is -0.202. The molecule has 0 unspecified atom stereocenters. The van der Waals surface area contributed by atoms with Crippen molar-refractivity contribution in [2.45, 2.75) is 19.9 Å². The standard InChI is InChI=1S/C17H20N2O3S/c1-12(2)19-16(20)15(23-17(19)21)11-13-3-5-14(6-4-13)18-7-9-22-10-8-18/h3-6,11-12H,7-10H2,1-2H3. The van der Waals surface area contributed by atoms with E-state index in [0.29, 0.717) is 4.91 Å². The molecule has 0 atom stereocenters. The van der Waals surface area contributed by atoms with Crippen LogP contribution in [0.1, 0.15) is 19.4 Å². The summed E-state index contributed by atoms with van der Waals surface area (Å²) in [7, 11) is 0. The molecule has 2 aliphatic rings. The van der Waals surface area contributed by atoms with E-state index in [-0.39, 0.29) is 17.2 Å². The molecule has 122 valence electrons. The smallest absolute Gasteiger partial charge is 0.293 e. The highest BCUT2D eigenvalue weighted by Crippen LogP contribution is 2.33. The number of hydrogen-bond donors (Lipinski definition) is 0. The molecule has 2 fully saturated rings. The summed E-state index contributed by atoms with van der Waals surface area (Å²) >= 11 is 1.01. The number of carbonyl (C=O) groups excluding carboxylic acids is 2. The number of anilines is 1. The fraction of sp³-hybridized carbons (Fsp3) is 0.412. The van der Waals surface area contributed by atoms with Crippen LogP contribution in [0, 0.1) is 0 Å². The molecular weight excluding hydrogens is 312 g/mol. The van der Waals surface area contributed by atoms with Crippen LogP contribution in [0.4, 0.5) is 10.5 Å². The first-order valence-electron chi connectivity index (χ1n) is 7.76. The highest BCUT2D eigenvalue weighted by molar-refractivity contribution is 8.18. The van der Waals surface area contributed by atoms with Gasteiger partial charge in [-0.1, -0.05) is 12.1 Å². The molecule has 0 saturated carbocycles. The summed E-state index contributed by atoms with van der Waals surface area (Å²) in [6, 6.07) is 7.94. The molecule has 23 heavy (non-hydrogen) atoms. The zero-order chi connectivity index (χ0) is 16.4. The van der Waals surface area contributed by atoms with Crippen molar-refractivity contribution in [1.82, 2.24) is 4.90 Å². The van der Waals surface area contributed by atoms with Crippen molar-refractivity contribution in [3.63, 3.8) is 0 Å². The maximum atomic E-state index is 12.3. The molecule has 2 amide bonds. The molecule has 2 heterocycles. The van der Waals surface area contributed by atoms with Gasteiger partial charge in [0, 0.05) is 24.8 Å². The Labute approximate surface area is 140 Å². The molecule has 2 aliphatic heterocycles. The first kappa shape index (κ1) is 16.1. The highest BCUT2D eigenvalue weighted by Gasteiger charge is 2.36. The number of ether oxygens (including phenoxy) is 1. The fourth-order valence-corrected chi connectivity index (χ4v) is 3.64. The lowest BCUT2D eigenvalue weighted by Crippen LogP contribution is -2.36. The van der Waals surface area contributed by atoms with Crippen molar-refractivity contribution < 1.29 is 14.3 Å². The summed E-state index contributed by atoms with van der Waals surface area (Å²) in [5.41, 5.74) is 2.08. The van der Waals surface area contributed by atoms with Crippen LogP contribution in [0.2, 0.25) is 0 Å². The Morgan fingerprint density at radius 2 is 1.78 bits per heavy atom. The molecule has 2 saturated heterocycles. The number of benzene rings is 1. The van der Waals surface area contributed by atoms with Crippen molar-refractivity contribution in [2.75, 3.05) is 31.2 Å². The van der Waals surface area contributed by atoms with Crippen LogP contribution in [0.25, 0.3) is 6.08 Å². The monoisotopic (exact) mass is 332 g/mol. The van der Waals surface area contributed by atoms with E-state index in [2.05, 4.69) is 4.90 Å². The van der Waals surface area contributed by atoms with Crippen LogP contribution in [-0.2, 0) is 9.53 Å². The summed E-state index contributed by atoms with van der Waals surface area (Å²) < 4.78 is 5.36. The third-order valence-corrected chi connectivity index (χ3v) is 4.79. The normalized spacial score (nSPS) is 20.9. The van der Waals surface area contributed by atoms with Crippen molar-refractivity contribution in [1.29, 1.82) is 0 Å². The third-order valence-electron chi connectivity index (χ3n) is 3.91. The average molecular weight is 332 g/mol. The van der Waals surface area contributed by atoms with E-state index in [1.165, 1.54) is 4.90 Å². The summed E-state index contributed by atoms with van der Waals surface area (Å²) in [6.45, 7) is 6.99. The number of thioether (sulfide) groups is 1. The van der Waals surface area contributed by atoms with Crippen LogP contribution in [-0.4, -0.2) is 48.4 Å². The molecule has 0 N–H and O–H groups in total. The lowest BCUT2D eigenvalue weighted by atomic mass is 10.1. The largest absolute Gasteiger partial charge is 0.378 e. The van der Waals surface area contributed by atoms with E-state index in [9.17, 15) is 9.59 Å². The molecule has 0 aliphatic carbocycles. The zero-order valence-corrected chi connectivity index (χ0v) is 14.1. The molecule has 0 spiro atoms. The number of imide groups is 1. The highest BCUT2D eigenvalue weighted by atomic mass is 32.2. The minimum absolute atomic E-state index is 0.114. The van der Waals surface area contributed by atoms with Gasteiger partial charge in [-0.2, -0.15) is 0 Å². The molecule has 5 nitrogen and oxygen atoms in total. The van der Waals surface area contributed by atoms with Gasteiger partial charge in [0.15, 0.2) is 0 Å². The number of hydrogen-bond acceptors (Lipinski definition) is 5. The van der Waals surface area contributed by atoms with E-state index in [4.69, 9.17) is 4.74 Å². The van der Waals surface area contributed by atoms with Crippen LogP contribution >= 0.6 is 11.8 Å². The van der Waals surface area contributed by atoms with E-state index < -0.39 is 0 Å². The van der Waals surface area contributed by atoms with Crippen LogP contribution in [0.15, 0.2) is 29.2 Å². The number of morpholine rings is 1. The van der Waals surface area contributed by atoms with E-state index in [1.807, 2.05) is 38.1 Å². The third kappa shape index (κ3) is 3.43. The Balaban J connectivity index is 1.75. The van der Waals surface area contributed by atoms with Crippen LogP contribution in [0.5, 0.6) is 0 Å². The molecule has 0 radical (unpaired) electrons. The Hall–Kier alpha value is -1.79. The van der Waals surface area contributed by atoms with Crippen LogP contribution < -0.4 is 4.90 Å². The SMILES string of the molecule is CC(C)N1C(=O)SC(=Cc2ccc(N3CCOCC3)cc2)C1=O. The lowest BCUT2D eigenvalue weighted by Gasteiger charge is -2.28. The zero-order valence-electron chi connectivity index (χ0n) is 13.3. The van der Waals surface area contributed by atoms with Gasteiger partial charge in [0.05, 0.1) is 18.1 Å². The molecule has 0 aromatic heterocycles. The average Bonchev–Trinajstić information content (AvgIpc) is 2.83. The van der Waals surface area contributed by atoms with Crippen molar-refractivity contribution >= 4 is 34.7 Å². The molecule has 1 aromatic rings. The fourth-order valence-electron chi connectivity index (χ4n) is 2.68. The maximum absolute atomic E-state index is 12.3. The van der Waals surface area contributed by atoms with Crippen molar-refractivity contribution in [3.8, 4) is 0 Å². The summed E-state index contributed by atoms with van der Waals surface area (Å²) in [4.78, 5) is 28.2. The van der Waals surface area contributed by atoms with Gasteiger partial charge < -0.3 is 9.64 Å². The van der Waals surface area contributed by atoms with Gasteiger partial charge in [0.2, 0.25) is 0 Å². The maximum Gasteiger partial charge on any atom is 0.293 e. The predicted molar refractivity (Wildman–Crippen MR) is 92.4 cm³/mol. The first-order chi connectivity index (χ1) is 11.1. The minimum Gasteiger partial charge on any atom is -0.378 e. The molecular formula is C17H20N2O3S. The first-order valence-corrected chi connectivity index (χ1v) is 8.58. The number of rotatable bonds is 3. The quantitative estimate of drug-likeness (QED) is 0.797. The molecule has 3 rings (SSSR count). The lowest BCUT2D eigenvalue weighted by molar-refractivity contribution is -0.123. The number of nitrogens with zero attached hydrogens (tertiary/aromatic N) is 2. The van der Waals surface area contributed by atoms with Crippen LogP contribution in [0.3, 0.4) is 0 Å². The Kier molecular flexibility index (Phi) is 4.73. The number of amides is 2. The van der Waals surface area contributed by atoms with Crippen molar-refractivity contribution in [2.24, 2.45) is 0 Å².